The number of rotatable bonds is 4. The summed E-state index contributed by atoms with van der Waals surface area (Å²) in [6, 6.07) is 21.9. The molecule has 0 fully saturated rings. The minimum atomic E-state index is -0.329. The van der Waals surface area contributed by atoms with E-state index in [0.29, 0.717) is 5.82 Å². The van der Waals surface area contributed by atoms with Gasteiger partial charge in [-0.1, -0.05) is 54.6 Å². The van der Waals surface area contributed by atoms with Crippen molar-refractivity contribution in [2.24, 2.45) is 0 Å². The Kier molecular flexibility index (Phi) is 5.19. The number of aromatic nitrogens is 3. The highest BCUT2D eigenvalue weighted by atomic mass is 16.2. The average Bonchev–Trinajstić information content (AvgIpc) is 3.18. The molecule has 0 aliphatic heterocycles. The highest BCUT2D eigenvalue weighted by Crippen LogP contribution is 2.24. The number of carbonyl (C=O) groups excluding carboxylic acids is 1. The number of nitrogens with one attached hydrogen (secondary N) is 1. The van der Waals surface area contributed by atoms with Crippen molar-refractivity contribution < 1.29 is 4.79 Å². The van der Waals surface area contributed by atoms with Crippen LogP contribution < -0.4 is 5.32 Å². The molecule has 3 aromatic carbocycles. The molecule has 1 N–H and O–H groups in total. The molecule has 0 unspecified atom stereocenters. The van der Waals surface area contributed by atoms with Gasteiger partial charge in [-0.2, -0.15) is 0 Å². The molecular formula is C25H24N4O. The van der Waals surface area contributed by atoms with E-state index >= 15 is 0 Å². The Labute approximate surface area is 176 Å². The van der Waals surface area contributed by atoms with Crippen LogP contribution in [0, 0.1) is 27.7 Å². The Balaban J connectivity index is 1.80. The van der Waals surface area contributed by atoms with Gasteiger partial charge in [0.1, 0.15) is 0 Å². The fraction of sp³-hybridized carbons (Fsp3) is 0.160. The molecule has 0 saturated carbocycles. The third-order valence-electron chi connectivity index (χ3n) is 5.08. The van der Waals surface area contributed by atoms with Gasteiger partial charge in [0.05, 0.1) is 5.69 Å². The first-order valence-electron chi connectivity index (χ1n) is 9.91. The van der Waals surface area contributed by atoms with Gasteiger partial charge < -0.3 is 5.32 Å². The van der Waals surface area contributed by atoms with E-state index in [2.05, 4.69) is 33.6 Å². The number of anilines is 1. The second-order valence-electron chi connectivity index (χ2n) is 7.60. The van der Waals surface area contributed by atoms with E-state index in [0.717, 1.165) is 39.2 Å². The number of hydrogen-bond acceptors (Lipinski definition) is 3. The van der Waals surface area contributed by atoms with Crippen molar-refractivity contribution in [3.8, 4) is 17.1 Å². The predicted octanol–water partition coefficient (Wildman–Crippen LogP) is 5.42. The smallest absolute Gasteiger partial charge is 0.295 e. The number of aryl methyl sites for hydroxylation is 4. The zero-order valence-electron chi connectivity index (χ0n) is 17.6. The van der Waals surface area contributed by atoms with E-state index in [1.54, 1.807) is 4.68 Å². The van der Waals surface area contributed by atoms with Crippen LogP contribution in [0.3, 0.4) is 0 Å². The second-order valence-corrected chi connectivity index (χ2v) is 7.60. The first kappa shape index (κ1) is 19.6. The molecular weight excluding hydrogens is 372 g/mol. The summed E-state index contributed by atoms with van der Waals surface area (Å²) in [5, 5.41) is 7.56. The SMILES string of the molecule is Cc1ccc(C)c(NC(=O)c2nc(-c3ccccc3)n(-c3cc(C)ccc3C)n2)c1. The molecule has 4 rings (SSSR count). The number of carbonyl (C=O) groups is 1. The van der Waals surface area contributed by atoms with Crippen LogP contribution in [0.4, 0.5) is 5.69 Å². The molecule has 5 heteroatoms. The zero-order chi connectivity index (χ0) is 21.3. The van der Waals surface area contributed by atoms with Crippen molar-refractivity contribution in [2.75, 3.05) is 5.32 Å². The van der Waals surface area contributed by atoms with Gasteiger partial charge in [-0.15, -0.1) is 5.10 Å². The molecule has 0 spiro atoms. The summed E-state index contributed by atoms with van der Waals surface area (Å²) in [5.41, 5.74) is 6.82. The molecule has 30 heavy (non-hydrogen) atoms. The van der Waals surface area contributed by atoms with Gasteiger partial charge in [0, 0.05) is 11.3 Å². The van der Waals surface area contributed by atoms with Gasteiger partial charge in [0.2, 0.25) is 5.82 Å². The molecule has 5 nitrogen and oxygen atoms in total. The number of nitrogens with zero attached hydrogens (tertiary/aromatic N) is 3. The molecule has 0 atom stereocenters. The van der Waals surface area contributed by atoms with Crippen LogP contribution in [0.15, 0.2) is 66.7 Å². The normalized spacial score (nSPS) is 10.8. The van der Waals surface area contributed by atoms with E-state index in [1.165, 1.54) is 0 Å². The highest BCUT2D eigenvalue weighted by Gasteiger charge is 2.20. The molecule has 150 valence electrons. The Morgan fingerprint density at radius 2 is 1.50 bits per heavy atom. The molecule has 0 bridgehead atoms. The lowest BCUT2D eigenvalue weighted by Gasteiger charge is -2.10. The van der Waals surface area contributed by atoms with Crippen LogP contribution in [-0.2, 0) is 0 Å². The van der Waals surface area contributed by atoms with E-state index in [1.807, 2.05) is 76.2 Å². The molecule has 0 aliphatic rings. The fourth-order valence-electron chi connectivity index (χ4n) is 3.35. The van der Waals surface area contributed by atoms with Crippen molar-refractivity contribution >= 4 is 11.6 Å². The quantitative estimate of drug-likeness (QED) is 0.501. The van der Waals surface area contributed by atoms with Crippen molar-refractivity contribution in [1.82, 2.24) is 14.8 Å². The molecule has 4 aromatic rings. The van der Waals surface area contributed by atoms with Crippen LogP contribution in [0.1, 0.15) is 32.9 Å². The van der Waals surface area contributed by atoms with Gasteiger partial charge in [-0.3, -0.25) is 4.79 Å². The maximum Gasteiger partial charge on any atom is 0.295 e. The maximum absolute atomic E-state index is 13.0. The van der Waals surface area contributed by atoms with Crippen molar-refractivity contribution in [1.29, 1.82) is 0 Å². The Morgan fingerprint density at radius 1 is 0.833 bits per heavy atom. The summed E-state index contributed by atoms with van der Waals surface area (Å²) in [4.78, 5) is 17.6. The summed E-state index contributed by atoms with van der Waals surface area (Å²) in [6.07, 6.45) is 0. The highest BCUT2D eigenvalue weighted by molar-refractivity contribution is 6.02. The third-order valence-corrected chi connectivity index (χ3v) is 5.08. The van der Waals surface area contributed by atoms with Crippen LogP contribution >= 0.6 is 0 Å². The average molecular weight is 396 g/mol. The Morgan fingerprint density at radius 3 is 2.23 bits per heavy atom. The van der Waals surface area contributed by atoms with Gasteiger partial charge in [-0.05, 0) is 62.1 Å². The standard InChI is InChI=1S/C25H24N4O/c1-16-10-12-18(3)21(14-16)26-25(30)23-27-24(20-8-6-5-7-9-20)29(28-23)22-15-17(2)11-13-19(22)4/h5-15H,1-4H3,(H,26,30). The van der Waals surface area contributed by atoms with Crippen LogP contribution in [0.2, 0.25) is 0 Å². The first-order valence-corrected chi connectivity index (χ1v) is 9.91. The van der Waals surface area contributed by atoms with Crippen molar-refractivity contribution in [2.45, 2.75) is 27.7 Å². The lowest BCUT2D eigenvalue weighted by molar-refractivity contribution is 0.101. The van der Waals surface area contributed by atoms with E-state index in [-0.39, 0.29) is 11.7 Å². The van der Waals surface area contributed by atoms with E-state index < -0.39 is 0 Å². The molecule has 1 amide bonds. The van der Waals surface area contributed by atoms with E-state index in [9.17, 15) is 4.79 Å². The minimum Gasteiger partial charge on any atom is -0.319 e. The lowest BCUT2D eigenvalue weighted by Crippen LogP contribution is -2.15. The van der Waals surface area contributed by atoms with Gasteiger partial charge in [0.15, 0.2) is 5.82 Å². The fourth-order valence-corrected chi connectivity index (χ4v) is 3.35. The molecule has 1 heterocycles. The molecule has 0 saturated heterocycles. The Hall–Kier alpha value is -3.73. The van der Waals surface area contributed by atoms with Crippen LogP contribution in [0.25, 0.3) is 17.1 Å². The first-order chi connectivity index (χ1) is 14.4. The van der Waals surface area contributed by atoms with Gasteiger partial charge in [0.25, 0.3) is 5.91 Å². The third kappa shape index (κ3) is 3.87. The molecule has 1 aromatic heterocycles. The number of amides is 1. The minimum absolute atomic E-state index is 0.135. The maximum atomic E-state index is 13.0. The summed E-state index contributed by atoms with van der Waals surface area (Å²) in [5.74, 6) is 0.441. The summed E-state index contributed by atoms with van der Waals surface area (Å²) in [6.45, 7) is 8.03. The Bertz CT molecular complexity index is 1230. The largest absolute Gasteiger partial charge is 0.319 e. The summed E-state index contributed by atoms with van der Waals surface area (Å²) < 4.78 is 1.76. The summed E-state index contributed by atoms with van der Waals surface area (Å²) in [7, 11) is 0. The van der Waals surface area contributed by atoms with Gasteiger partial charge >= 0.3 is 0 Å². The summed E-state index contributed by atoms with van der Waals surface area (Å²) >= 11 is 0. The van der Waals surface area contributed by atoms with Crippen LogP contribution in [-0.4, -0.2) is 20.7 Å². The van der Waals surface area contributed by atoms with E-state index in [4.69, 9.17) is 0 Å². The van der Waals surface area contributed by atoms with Crippen molar-refractivity contribution in [3.05, 3.63) is 94.8 Å². The molecule has 0 aliphatic carbocycles. The number of benzene rings is 3. The number of hydrogen-bond donors (Lipinski definition) is 1. The monoisotopic (exact) mass is 396 g/mol. The molecule has 0 radical (unpaired) electrons. The second kappa shape index (κ2) is 7.95. The van der Waals surface area contributed by atoms with Gasteiger partial charge in [-0.25, -0.2) is 9.67 Å². The zero-order valence-corrected chi connectivity index (χ0v) is 17.6. The van der Waals surface area contributed by atoms with Crippen molar-refractivity contribution in [3.63, 3.8) is 0 Å². The van der Waals surface area contributed by atoms with Crippen LogP contribution in [0.5, 0.6) is 0 Å². The topological polar surface area (TPSA) is 59.8 Å². The lowest BCUT2D eigenvalue weighted by atomic mass is 10.1. The predicted molar refractivity (Wildman–Crippen MR) is 120 cm³/mol.